The van der Waals surface area contributed by atoms with Crippen LogP contribution >= 0.6 is 0 Å². The number of hydrogen-bond donors (Lipinski definition) is 3. The summed E-state index contributed by atoms with van der Waals surface area (Å²) >= 11 is 0. The number of sulfone groups is 1. The molecule has 9 nitrogen and oxygen atoms in total. The molecule has 2 aliphatic rings. The maximum atomic E-state index is 15.1. The van der Waals surface area contributed by atoms with Crippen LogP contribution in [0.1, 0.15) is 39.9 Å². The molecule has 11 heteroatoms. The highest BCUT2D eigenvalue weighted by Crippen LogP contribution is 2.31. The van der Waals surface area contributed by atoms with E-state index < -0.39 is 15.7 Å². The van der Waals surface area contributed by atoms with Gasteiger partial charge in [-0.2, -0.15) is 0 Å². The molecular weight excluding hydrogens is 595 g/mol. The van der Waals surface area contributed by atoms with Gasteiger partial charge in [-0.25, -0.2) is 12.8 Å². The third-order valence-corrected chi connectivity index (χ3v) is 9.79. The molecule has 4 aromatic rings. The number of benzene rings is 3. The van der Waals surface area contributed by atoms with Crippen molar-refractivity contribution < 1.29 is 22.7 Å². The van der Waals surface area contributed by atoms with E-state index in [0.717, 1.165) is 48.7 Å². The van der Waals surface area contributed by atoms with Gasteiger partial charge in [0.15, 0.2) is 9.84 Å². The van der Waals surface area contributed by atoms with Crippen molar-refractivity contribution in [2.75, 3.05) is 32.5 Å². The Balaban J connectivity index is 1.43. The summed E-state index contributed by atoms with van der Waals surface area (Å²) < 4.78 is 40.6. The van der Waals surface area contributed by atoms with E-state index in [4.69, 9.17) is 0 Å². The van der Waals surface area contributed by atoms with Gasteiger partial charge < -0.3 is 20.3 Å². The molecule has 1 aliphatic carbocycles. The smallest absolute Gasteiger partial charge is 0.258 e. The highest BCUT2D eigenvalue weighted by Gasteiger charge is 2.25. The van der Waals surface area contributed by atoms with E-state index in [1.807, 2.05) is 12.3 Å². The summed E-state index contributed by atoms with van der Waals surface area (Å²) in [6, 6.07) is 15.0. The molecule has 3 aromatic carbocycles. The Bertz CT molecular complexity index is 1940. The Morgan fingerprint density at radius 3 is 2.51 bits per heavy atom. The third kappa shape index (κ3) is 6.86. The second-order valence-corrected chi connectivity index (χ2v) is 14.2. The molecule has 2 fully saturated rings. The highest BCUT2D eigenvalue weighted by atomic mass is 32.2. The van der Waals surface area contributed by atoms with Crippen molar-refractivity contribution >= 4 is 26.5 Å². The largest absolute Gasteiger partial charge is 0.395 e. The first-order valence-corrected chi connectivity index (χ1v) is 17.0. The lowest BCUT2D eigenvalue weighted by molar-refractivity contribution is 0.0950. The molecule has 45 heavy (non-hydrogen) atoms. The normalized spacial score (nSPS) is 17.5. The van der Waals surface area contributed by atoms with Gasteiger partial charge in [-0.15, -0.1) is 0 Å². The average Bonchev–Trinajstić information content (AvgIpc) is 3.84. The van der Waals surface area contributed by atoms with Gasteiger partial charge in [0.25, 0.3) is 11.5 Å². The molecule has 1 aliphatic heterocycles. The zero-order valence-electron chi connectivity index (χ0n) is 25.3. The van der Waals surface area contributed by atoms with Gasteiger partial charge in [0.05, 0.1) is 18.0 Å². The Labute approximate surface area is 261 Å². The van der Waals surface area contributed by atoms with Gasteiger partial charge in [0.1, 0.15) is 5.82 Å². The molecule has 2 heterocycles. The van der Waals surface area contributed by atoms with Crippen molar-refractivity contribution in [3.05, 3.63) is 99.2 Å². The van der Waals surface area contributed by atoms with Gasteiger partial charge in [-0.05, 0) is 89.4 Å². The number of fused-ring (bicyclic) bond motifs is 1. The van der Waals surface area contributed by atoms with E-state index in [2.05, 4.69) is 15.5 Å². The molecule has 1 amide bonds. The number of halogens is 1. The molecule has 1 saturated heterocycles. The Morgan fingerprint density at radius 1 is 1.07 bits per heavy atom. The lowest BCUT2D eigenvalue weighted by atomic mass is 9.94. The van der Waals surface area contributed by atoms with E-state index in [0.29, 0.717) is 35.2 Å². The minimum atomic E-state index is -3.35. The first kappa shape index (κ1) is 31.1. The van der Waals surface area contributed by atoms with Crippen molar-refractivity contribution in [3.8, 4) is 11.1 Å². The number of hydrogen-bond acceptors (Lipinski definition) is 7. The van der Waals surface area contributed by atoms with E-state index in [9.17, 15) is 23.1 Å². The molecule has 0 unspecified atom stereocenters. The summed E-state index contributed by atoms with van der Waals surface area (Å²) in [7, 11) is -3.35. The molecular formula is C34H37FN4O5S. The number of nitrogens with zero attached hydrogens (tertiary/aromatic N) is 2. The van der Waals surface area contributed by atoms with Gasteiger partial charge in [0.2, 0.25) is 0 Å². The van der Waals surface area contributed by atoms with Crippen molar-refractivity contribution in [3.63, 3.8) is 0 Å². The number of pyridine rings is 1. The van der Waals surface area contributed by atoms with Crippen LogP contribution in [0.5, 0.6) is 0 Å². The summed E-state index contributed by atoms with van der Waals surface area (Å²) in [5.74, 6) is -0.773. The van der Waals surface area contributed by atoms with Gasteiger partial charge >= 0.3 is 0 Å². The quantitative estimate of drug-likeness (QED) is 0.259. The second kappa shape index (κ2) is 12.5. The van der Waals surface area contributed by atoms with Crippen LogP contribution in [0.15, 0.2) is 70.5 Å². The molecule has 0 radical (unpaired) electrons. The standard InChI is InChI=1S/C34H37FN4O5S/c1-21-30(14-24(15-32(21)35)33(41)37-26-6-7-26)23-5-10-29-31(13-23)25(17-38-12-11-36-27(19-38)20-40)18-39(34(29)42)16-22-3-8-28(9-4-22)45(2,43)44/h3-5,8-10,13-15,18,26-27,36,40H,6-7,11-12,16-17,19-20H2,1-2H3,(H,37,41)/t27-/m1/s1. The fraction of sp³-hybridized carbons (Fsp3) is 0.353. The van der Waals surface area contributed by atoms with Crippen LogP contribution in [0, 0.1) is 12.7 Å². The third-order valence-electron chi connectivity index (χ3n) is 8.66. The van der Waals surface area contributed by atoms with Crippen LogP contribution in [0.3, 0.4) is 0 Å². The molecule has 6 rings (SSSR count). The summed E-state index contributed by atoms with van der Waals surface area (Å²) in [6.07, 6.45) is 4.84. The molecule has 236 valence electrons. The molecule has 0 spiro atoms. The number of nitrogens with one attached hydrogen (secondary N) is 2. The van der Waals surface area contributed by atoms with Crippen molar-refractivity contribution in [1.29, 1.82) is 0 Å². The Hall–Kier alpha value is -3.90. The monoisotopic (exact) mass is 632 g/mol. The molecule has 1 atom stereocenters. The second-order valence-electron chi connectivity index (χ2n) is 12.2. The molecule has 3 N–H and O–H groups in total. The van der Waals surface area contributed by atoms with Gasteiger partial charge in [-0.3, -0.25) is 14.5 Å². The van der Waals surface area contributed by atoms with Crippen LogP contribution in [0.2, 0.25) is 0 Å². The number of carbonyl (C=O) groups is 1. The summed E-state index contributed by atoms with van der Waals surface area (Å²) in [5.41, 5.74) is 3.41. The predicted octanol–water partition coefficient (Wildman–Crippen LogP) is 3.23. The van der Waals surface area contributed by atoms with Crippen molar-refractivity contribution in [2.45, 2.75) is 49.8 Å². The number of aliphatic hydroxyl groups is 1. The topological polar surface area (TPSA) is 121 Å². The lowest BCUT2D eigenvalue weighted by Crippen LogP contribution is -2.51. The van der Waals surface area contributed by atoms with Crippen LogP contribution in [-0.4, -0.2) is 73.5 Å². The fourth-order valence-electron chi connectivity index (χ4n) is 5.92. The number of aliphatic hydroxyl groups excluding tert-OH is 1. The number of piperazine rings is 1. The van der Waals surface area contributed by atoms with Crippen LogP contribution in [-0.2, 0) is 22.9 Å². The highest BCUT2D eigenvalue weighted by molar-refractivity contribution is 7.90. The summed E-state index contributed by atoms with van der Waals surface area (Å²) in [4.78, 5) is 29.1. The van der Waals surface area contributed by atoms with E-state index in [1.165, 1.54) is 6.07 Å². The van der Waals surface area contributed by atoms with Gasteiger partial charge in [-0.1, -0.05) is 18.2 Å². The Morgan fingerprint density at radius 2 is 1.82 bits per heavy atom. The molecule has 1 saturated carbocycles. The predicted molar refractivity (Wildman–Crippen MR) is 172 cm³/mol. The van der Waals surface area contributed by atoms with Gasteiger partial charge in [0, 0.05) is 61.7 Å². The fourth-order valence-corrected chi connectivity index (χ4v) is 6.55. The number of carbonyl (C=O) groups excluding carboxylic acids is 1. The summed E-state index contributed by atoms with van der Waals surface area (Å²) in [5, 5.41) is 17.2. The first-order valence-electron chi connectivity index (χ1n) is 15.1. The maximum absolute atomic E-state index is 15.1. The minimum Gasteiger partial charge on any atom is -0.395 e. The number of rotatable bonds is 9. The van der Waals surface area contributed by atoms with E-state index in [1.54, 1.807) is 54.0 Å². The van der Waals surface area contributed by atoms with Crippen LogP contribution in [0.25, 0.3) is 21.9 Å². The van der Waals surface area contributed by atoms with E-state index in [-0.39, 0.29) is 47.2 Å². The van der Waals surface area contributed by atoms with Crippen LogP contribution in [0.4, 0.5) is 4.39 Å². The Kier molecular flexibility index (Phi) is 8.62. The van der Waals surface area contributed by atoms with E-state index >= 15 is 4.39 Å². The average molecular weight is 633 g/mol. The van der Waals surface area contributed by atoms with Crippen LogP contribution < -0.4 is 16.2 Å². The summed E-state index contributed by atoms with van der Waals surface area (Å²) in [6.45, 7) is 4.56. The zero-order chi connectivity index (χ0) is 31.9. The minimum absolute atomic E-state index is 0.0138. The lowest BCUT2D eigenvalue weighted by Gasteiger charge is -2.33. The van der Waals surface area contributed by atoms with Crippen molar-refractivity contribution in [1.82, 2.24) is 20.1 Å². The molecule has 1 aromatic heterocycles. The zero-order valence-corrected chi connectivity index (χ0v) is 26.2. The number of aromatic nitrogens is 1. The molecule has 0 bridgehead atoms. The first-order chi connectivity index (χ1) is 21.5. The maximum Gasteiger partial charge on any atom is 0.258 e. The SMILES string of the molecule is Cc1c(F)cc(C(=O)NC2CC2)cc1-c1ccc2c(=O)n(Cc3ccc(S(C)(=O)=O)cc3)cc(CN3CCN[C@@H](CO)C3)c2c1. The van der Waals surface area contributed by atoms with Crippen molar-refractivity contribution in [2.24, 2.45) is 0 Å². The number of amides is 1.